The Hall–Kier alpha value is -2.75. The van der Waals surface area contributed by atoms with E-state index < -0.39 is 0 Å². The van der Waals surface area contributed by atoms with Crippen molar-refractivity contribution in [2.75, 3.05) is 5.75 Å². The van der Waals surface area contributed by atoms with Crippen molar-refractivity contribution in [3.8, 4) is 6.07 Å². The Balaban J connectivity index is 1.71. The largest absolute Gasteiger partial charge is 0.333 e. The Kier molecular flexibility index (Phi) is 6.53. The maximum atomic E-state index is 12.9. The van der Waals surface area contributed by atoms with Crippen LogP contribution in [0.3, 0.4) is 0 Å². The van der Waals surface area contributed by atoms with Crippen molar-refractivity contribution in [1.82, 2.24) is 15.1 Å². The van der Waals surface area contributed by atoms with E-state index in [0.717, 1.165) is 16.0 Å². The van der Waals surface area contributed by atoms with Gasteiger partial charge >= 0.3 is 0 Å². The van der Waals surface area contributed by atoms with Crippen LogP contribution in [0.25, 0.3) is 0 Å². The molecule has 1 N–H and O–H groups in total. The van der Waals surface area contributed by atoms with E-state index in [-0.39, 0.29) is 11.7 Å². The van der Waals surface area contributed by atoms with Crippen molar-refractivity contribution in [1.29, 1.82) is 5.26 Å². The SMILES string of the molecule is N#Cc1ccc(CN(Cc2cn[nH]c2)C(=O)CSc2ccccc2Cl)cc1. The molecule has 0 spiro atoms. The number of nitriles is 1. The molecule has 7 heteroatoms. The zero-order chi connectivity index (χ0) is 19.1. The summed E-state index contributed by atoms with van der Waals surface area (Å²) in [7, 11) is 0. The molecule has 0 aliphatic carbocycles. The average molecular weight is 397 g/mol. The minimum atomic E-state index is 0.00507. The van der Waals surface area contributed by atoms with Crippen LogP contribution in [0.5, 0.6) is 0 Å². The van der Waals surface area contributed by atoms with Gasteiger partial charge in [-0.15, -0.1) is 11.8 Å². The topological polar surface area (TPSA) is 72.8 Å². The highest BCUT2D eigenvalue weighted by Gasteiger charge is 2.16. The molecule has 0 fully saturated rings. The number of halogens is 1. The van der Waals surface area contributed by atoms with E-state index in [9.17, 15) is 4.79 Å². The van der Waals surface area contributed by atoms with Gasteiger partial charge in [-0.3, -0.25) is 9.89 Å². The van der Waals surface area contributed by atoms with Crippen LogP contribution in [0.2, 0.25) is 5.02 Å². The van der Waals surface area contributed by atoms with Gasteiger partial charge in [0, 0.05) is 29.7 Å². The Morgan fingerprint density at radius 2 is 1.89 bits per heavy atom. The van der Waals surface area contributed by atoms with Gasteiger partial charge in [0.15, 0.2) is 0 Å². The lowest BCUT2D eigenvalue weighted by Crippen LogP contribution is -2.31. The molecule has 1 aromatic heterocycles. The summed E-state index contributed by atoms with van der Waals surface area (Å²) in [6.45, 7) is 0.914. The molecule has 0 unspecified atom stereocenters. The van der Waals surface area contributed by atoms with E-state index in [1.165, 1.54) is 11.8 Å². The first-order valence-corrected chi connectivity index (χ1v) is 9.64. The fourth-order valence-corrected chi connectivity index (χ4v) is 3.66. The molecule has 0 aliphatic heterocycles. The minimum Gasteiger partial charge on any atom is -0.333 e. The molecule has 0 saturated heterocycles. The highest BCUT2D eigenvalue weighted by Crippen LogP contribution is 2.27. The van der Waals surface area contributed by atoms with Crippen LogP contribution >= 0.6 is 23.4 Å². The molecule has 2 aromatic carbocycles. The van der Waals surface area contributed by atoms with Gasteiger partial charge in [-0.2, -0.15) is 10.4 Å². The Morgan fingerprint density at radius 1 is 1.15 bits per heavy atom. The first kappa shape index (κ1) is 19.0. The van der Waals surface area contributed by atoms with E-state index in [2.05, 4.69) is 16.3 Å². The number of nitrogens with zero attached hydrogens (tertiary/aromatic N) is 3. The number of hydrogen-bond acceptors (Lipinski definition) is 4. The molecule has 0 aliphatic rings. The Labute approximate surface area is 167 Å². The molecule has 0 bridgehead atoms. The lowest BCUT2D eigenvalue weighted by molar-refractivity contribution is -0.129. The highest BCUT2D eigenvalue weighted by atomic mass is 35.5. The number of benzene rings is 2. The molecule has 3 rings (SSSR count). The van der Waals surface area contributed by atoms with Gasteiger partial charge in [0.2, 0.25) is 5.91 Å². The summed E-state index contributed by atoms with van der Waals surface area (Å²) in [5.41, 5.74) is 2.49. The smallest absolute Gasteiger partial charge is 0.233 e. The number of thioether (sulfide) groups is 1. The van der Waals surface area contributed by atoms with E-state index in [4.69, 9.17) is 16.9 Å². The molecular weight excluding hydrogens is 380 g/mol. The van der Waals surface area contributed by atoms with E-state index >= 15 is 0 Å². The number of amides is 1. The molecule has 0 radical (unpaired) electrons. The third kappa shape index (κ3) is 5.36. The number of rotatable bonds is 7. The summed E-state index contributed by atoms with van der Waals surface area (Å²) < 4.78 is 0. The lowest BCUT2D eigenvalue weighted by Gasteiger charge is -2.22. The zero-order valence-electron chi connectivity index (χ0n) is 14.4. The van der Waals surface area contributed by atoms with Crippen molar-refractivity contribution in [2.24, 2.45) is 0 Å². The molecule has 1 amide bonds. The van der Waals surface area contributed by atoms with Gasteiger partial charge in [0.1, 0.15) is 0 Å². The number of H-pyrrole nitrogens is 1. The maximum Gasteiger partial charge on any atom is 0.233 e. The summed E-state index contributed by atoms with van der Waals surface area (Å²) >= 11 is 7.60. The molecular formula is C20H17ClN4OS. The minimum absolute atomic E-state index is 0.00507. The highest BCUT2D eigenvalue weighted by molar-refractivity contribution is 8.00. The fourth-order valence-electron chi connectivity index (χ4n) is 2.51. The van der Waals surface area contributed by atoms with Crippen LogP contribution in [0.15, 0.2) is 65.8 Å². The molecule has 136 valence electrons. The first-order valence-electron chi connectivity index (χ1n) is 8.27. The van der Waals surface area contributed by atoms with Gasteiger partial charge in [-0.25, -0.2) is 0 Å². The summed E-state index contributed by atoms with van der Waals surface area (Å²) in [6, 6.07) is 16.8. The maximum absolute atomic E-state index is 12.9. The van der Waals surface area contributed by atoms with Crippen LogP contribution in [-0.4, -0.2) is 26.8 Å². The quantitative estimate of drug-likeness (QED) is 0.606. The number of aromatic nitrogens is 2. The molecule has 3 aromatic rings. The summed E-state index contributed by atoms with van der Waals surface area (Å²) in [5, 5.41) is 16.3. The van der Waals surface area contributed by atoms with Crippen LogP contribution in [0.1, 0.15) is 16.7 Å². The third-order valence-electron chi connectivity index (χ3n) is 3.93. The molecule has 27 heavy (non-hydrogen) atoms. The van der Waals surface area contributed by atoms with Gasteiger partial charge in [-0.1, -0.05) is 35.9 Å². The van der Waals surface area contributed by atoms with E-state index in [1.54, 1.807) is 29.4 Å². The third-order valence-corrected chi connectivity index (χ3v) is 5.43. The fraction of sp³-hybridized carbons (Fsp3) is 0.150. The predicted molar refractivity (Wildman–Crippen MR) is 106 cm³/mol. The molecule has 0 atom stereocenters. The molecule has 1 heterocycles. The van der Waals surface area contributed by atoms with Crippen molar-refractivity contribution in [3.05, 3.63) is 82.6 Å². The van der Waals surface area contributed by atoms with E-state index in [0.29, 0.717) is 23.7 Å². The number of carbonyl (C=O) groups is 1. The van der Waals surface area contributed by atoms with Gasteiger partial charge in [0.25, 0.3) is 0 Å². The van der Waals surface area contributed by atoms with Gasteiger partial charge < -0.3 is 4.90 Å². The number of hydrogen-bond donors (Lipinski definition) is 1. The van der Waals surface area contributed by atoms with Crippen molar-refractivity contribution in [2.45, 2.75) is 18.0 Å². The van der Waals surface area contributed by atoms with Crippen LogP contribution in [-0.2, 0) is 17.9 Å². The zero-order valence-corrected chi connectivity index (χ0v) is 16.0. The Morgan fingerprint density at radius 3 is 2.56 bits per heavy atom. The second-order valence-corrected chi connectivity index (χ2v) is 7.31. The van der Waals surface area contributed by atoms with Crippen LogP contribution < -0.4 is 0 Å². The summed E-state index contributed by atoms with van der Waals surface area (Å²) in [4.78, 5) is 15.5. The van der Waals surface area contributed by atoms with Crippen molar-refractivity contribution in [3.63, 3.8) is 0 Å². The standard InChI is InChI=1S/C20H17ClN4OS/c21-18-3-1-2-4-19(18)27-14-20(26)25(13-17-10-23-24-11-17)12-16-7-5-15(9-22)6-8-16/h1-8,10-11H,12-14H2,(H,23,24). The predicted octanol–water partition coefficient (Wildman–Crippen LogP) is 4.26. The molecule has 5 nitrogen and oxygen atoms in total. The van der Waals surface area contributed by atoms with Gasteiger partial charge in [-0.05, 0) is 29.8 Å². The van der Waals surface area contributed by atoms with Crippen molar-refractivity contribution >= 4 is 29.3 Å². The second kappa shape index (κ2) is 9.26. The van der Waals surface area contributed by atoms with E-state index in [1.807, 2.05) is 36.4 Å². The average Bonchev–Trinajstić information content (AvgIpc) is 3.20. The second-order valence-electron chi connectivity index (χ2n) is 5.88. The lowest BCUT2D eigenvalue weighted by atomic mass is 10.1. The van der Waals surface area contributed by atoms with Crippen LogP contribution in [0.4, 0.5) is 0 Å². The van der Waals surface area contributed by atoms with Crippen LogP contribution in [0, 0.1) is 11.3 Å². The Bertz CT molecular complexity index is 935. The normalized spacial score (nSPS) is 10.4. The number of aromatic amines is 1. The first-order chi connectivity index (χ1) is 13.2. The van der Waals surface area contributed by atoms with Gasteiger partial charge in [0.05, 0.1) is 28.6 Å². The summed E-state index contributed by atoms with van der Waals surface area (Å²) in [5.74, 6) is 0.295. The van der Waals surface area contributed by atoms with Crippen molar-refractivity contribution < 1.29 is 4.79 Å². The monoisotopic (exact) mass is 396 g/mol. The number of carbonyl (C=O) groups excluding carboxylic acids is 1. The molecule has 0 saturated carbocycles. The summed E-state index contributed by atoms with van der Waals surface area (Å²) in [6.07, 6.45) is 3.49. The number of nitrogens with one attached hydrogen (secondary N) is 1.